The van der Waals surface area contributed by atoms with Crippen LogP contribution in [0.3, 0.4) is 0 Å². The molecule has 1 amide bonds. The van der Waals surface area contributed by atoms with E-state index in [-0.39, 0.29) is 11.4 Å². The highest BCUT2D eigenvalue weighted by Crippen LogP contribution is 2.24. The summed E-state index contributed by atoms with van der Waals surface area (Å²) < 4.78 is 26.9. The van der Waals surface area contributed by atoms with E-state index >= 15 is 0 Å². The molecule has 1 aromatic heterocycles. The zero-order chi connectivity index (χ0) is 22.6. The Balaban J connectivity index is 1.76. The number of amides is 1. The van der Waals surface area contributed by atoms with Crippen molar-refractivity contribution in [1.29, 1.82) is 0 Å². The van der Waals surface area contributed by atoms with Gasteiger partial charge in [0.25, 0.3) is 0 Å². The monoisotopic (exact) mass is 462 g/mol. The van der Waals surface area contributed by atoms with E-state index in [9.17, 15) is 13.2 Å². The molecule has 0 saturated carbocycles. The lowest BCUT2D eigenvalue weighted by molar-refractivity contribution is -0.117. The van der Waals surface area contributed by atoms with Gasteiger partial charge in [-0.3, -0.25) is 4.79 Å². The van der Waals surface area contributed by atoms with Crippen LogP contribution in [0.1, 0.15) is 19.4 Å². The predicted octanol–water partition coefficient (Wildman–Crippen LogP) is 2.97. The number of aryl methyl sites for hydroxylation is 1. The number of anilines is 1. The number of hydrogen-bond acceptors (Lipinski definition) is 6. The van der Waals surface area contributed by atoms with Gasteiger partial charge < -0.3 is 5.32 Å². The summed E-state index contributed by atoms with van der Waals surface area (Å²) in [7, 11) is -3.64. The molecule has 0 aliphatic heterocycles. The van der Waals surface area contributed by atoms with E-state index in [4.69, 9.17) is 11.6 Å². The molecule has 0 radical (unpaired) electrons. The molecule has 9 nitrogen and oxygen atoms in total. The predicted molar refractivity (Wildman–Crippen MR) is 118 cm³/mol. The molecule has 0 fully saturated rings. The summed E-state index contributed by atoms with van der Waals surface area (Å²) in [6.07, 6.45) is 0. The average Bonchev–Trinajstić information content (AvgIpc) is 3.18. The van der Waals surface area contributed by atoms with Crippen molar-refractivity contribution in [2.45, 2.75) is 32.2 Å². The summed E-state index contributed by atoms with van der Waals surface area (Å²) in [4.78, 5) is 13.8. The molecular weight excluding hydrogens is 440 g/mol. The first-order chi connectivity index (χ1) is 14.8. The molecule has 0 unspecified atom stereocenters. The number of nitrogens with zero attached hydrogens (tertiary/aromatic N) is 5. The Bertz CT molecular complexity index is 1190. The topological polar surface area (TPSA) is 110 Å². The minimum absolute atomic E-state index is 0.122. The van der Waals surface area contributed by atoms with Crippen molar-refractivity contribution < 1.29 is 13.2 Å². The molecular formula is C20H23ClN6O3S. The van der Waals surface area contributed by atoms with E-state index in [0.717, 1.165) is 10.4 Å². The normalized spacial score (nSPS) is 11.6. The van der Waals surface area contributed by atoms with Gasteiger partial charge in [0.05, 0.1) is 9.92 Å². The van der Waals surface area contributed by atoms with Crippen LogP contribution in [0, 0.1) is 6.92 Å². The second-order valence-electron chi connectivity index (χ2n) is 6.74. The first-order valence-electron chi connectivity index (χ1n) is 9.69. The minimum atomic E-state index is -3.64. The van der Waals surface area contributed by atoms with Crippen LogP contribution in [0.2, 0.25) is 5.02 Å². The van der Waals surface area contributed by atoms with Gasteiger partial charge in [-0.2, -0.15) is 9.10 Å². The van der Waals surface area contributed by atoms with Crippen molar-refractivity contribution in [3.05, 3.63) is 53.1 Å². The number of carbonyl (C=O) groups is 1. The lowest BCUT2D eigenvalue weighted by atomic mass is 10.2. The third-order valence-electron chi connectivity index (χ3n) is 4.68. The Hall–Kier alpha value is -2.82. The molecule has 3 rings (SSSR count). The standard InChI is InChI=1S/C20H23ClN6O3S/c1-4-26(5-2)31(29,30)15-11-10-14(3)18(12-15)22-19(28)13-27-24-20(23-25-27)16-8-6-7-9-17(16)21/h6-12H,4-5,13H2,1-3H3,(H,22,28). The third kappa shape index (κ3) is 5.09. The number of carbonyl (C=O) groups excluding carboxylic acids is 1. The number of sulfonamides is 1. The maximum Gasteiger partial charge on any atom is 0.248 e. The Morgan fingerprint density at radius 1 is 1.16 bits per heavy atom. The summed E-state index contributed by atoms with van der Waals surface area (Å²) in [5.41, 5.74) is 1.75. The van der Waals surface area contributed by atoms with Gasteiger partial charge in [-0.05, 0) is 42.0 Å². The van der Waals surface area contributed by atoms with Crippen molar-refractivity contribution in [3.8, 4) is 11.4 Å². The molecule has 0 aliphatic carbocycles. The molecule has 0 aliphatic rings. The van der Waals surface area contributed by atoms with Gasteiger partial charge in [0.2, 0.25) is 21.8 Å². The fourth-order valence-electron chi connectivity index (χ4n) is 2.99. The Morgan fingerprint density at radius 3 is 2.55 bits per heavy atom. The summed E-state index contributed by atoms with van der Waals surface area (Å²) in [5.74, 6) is -0.106. The highest BCUT2D eigenvalue weighted by Gasteiger charge is 2.22. The van der Waals surface area contributed by atoms with Gasteiger partial charge >= 0.3 is 0 Å². The molecule has 2 aromatic carbocycles. The second-order valence-corrected chi connectivity index (χ2v) is 9.08. The average molecular weight is 463 g/mol. The Morgan fingerprint density at radius 2 is 1.87 bits per heavy atom. The molecule has 3 aromatic rings. The Labute approximate surface area is 186 Å². The smallest absolute Gasteiger partial charge is 0.248 e. The van der Waals surface area contributed by atoms with E-state index in [2.05, 4.69) is 20.7 Å². The van der Waals surface area contributed by atoms with Gasteiger partial charge in [-0.1, -0.05) is 43.6 Å². The van der Waals surface area contributed by atoms with Crippen molar-refractivity contribution in [1.82, 2.24) is 24.5 Å². The maximum absolute atomic E-state index is 12.8. The highest BCUT2D eigenvalue weighted by molar-refractivity contribution is 7.89. The molecule has 31 heavy (non-hydrogen) atoms. The fourth-order valence-corrected chi connectivity index (χ4v) is 4.69. The summed E-state index contributed by atoms with van der Waals surface area (Å²) in [5, 5.41) is 15.2. The zero-order valence-electron chi connectivity index (χ0n) is 17.4. The largest absolute Gasteiger partial charge is 0.324 e. The molecule has 0 saturated heterocycles. The van der Waals surface area contributed by atoms with Crippen LogP contribution < -0.4 is 5.32 Å². The first-order valence-corrected chi connectivity index (χ1v) is 11.5. The van der Waals surface area contributed by atoms with Crippen LogP contribution in [0.4, 0.5) is 5.69 Å². The van der Waals surface area contributed by atoms with E-state index in [1.54, 1.807) is 51.1 Å². The summed E-state index contributed by atoms with van der Waals surface area (Å²) in [6, 6.07) is 11.7. The van der Waals surface area contributed by atoms with Crippen molar-refractivity contribution >= 4 is 33.2 Å². The van der Waals surface area contributed by atoms with Crippen molar-refractivity contribution in [2.24, 2.45) is 0 Å². The van der Waals surface area contributed by atoms with Gasteiger partial charge in [0, 0.05) is 24.3 Å². The van der Waals surface area contributed by atoms with Gasteiger partial charge in [0.1, 0.15) is 6.54 Å². The number of aromatic nitrogens is 4. The van der Waals surface area contributed by atoms with Crippen LogP contribution in [0.15, 0.2) is 47.4 Å². The number of rotatable bonds is 8. The van der Waals surface area contributed by atoms with Crippen LogP contribution >= 0.6 is 11.6 Å². The second kappa shape index (κ2) is 9.54. The van der Waals surface area contributed by atoms with Gasteiger partial charge in [-0.15, -0.1) is 10.2 Å². The molecule has 0 atom stereocenters. The molecule has 164 valence electrons. The number of hydrogen-bond donors (Lipinski definition) is 1. The van der Waals surface area contributed by atoms with Crippen LogP contribution in [0.5, 0.6) is 0 Å². The molecule has 0 bridgehead atoms. The van der Waals surface area contributed by atoms with Gasteiger partial charge in [-0.25, -0.2) is 8.42 Å². The zero-order valence-corrected chi connectivity index (χ0v) is 19.0. The molecule has 0 spiro atoms. The lowest BCUT2D eigenvalue weighted by Crippen LogP contribution is -2.30. The number of tetrazole rings is 1. The summed E-state index contributed by atoms with van der Waals surface area (Å²) in [6.45, 7) is 5.87. The third-order valence-corrected chi connectivity index (χ3v) is 7.05. The van der Waals surface area contributed by atoms with Crippen LogP contribution in [-0.4, -0.2) is 51.9 Å². The maximum atomic E-state index is 12.8. The summed E-state index contributed by atoms with van der Waals surface area (Å²) >= 11 is 6.14. The van der Waals surface area contributed by atoms with E-state index in [1.165, 1.54) is 16.4 Å². The highest BCUT2D eigenvalue weighted by atomic mass is 35.5. The van der Waals surface area contributed by atoms with E-state index in [0.29, 0.717) is 35.2 Å². The lowest BCUT2D eigenvalue weighted by Gasteiger charge is -2.19. The van der Waals surface area contributed by atoms with E-state index < -0.39 is 15.9 Å². The van der Waals surface area contributed by atoms with Gasteiger partial charge in [0.15, 0.2) is 0 Å². The van der Waals surface area contributed by atoms with E-state index in [1.807, 2.05) is 0 Å². The molecule has 1 heterocycles. The number of benzene rings is 2. The molecule has 1 N–H and O–H groups in total. The quantitative estimate of drug-likeness (QED) is 0.551. The first kappa shape index (κ1) is 22.9. The number of nitrogens with one attached hydrogen (secondary N) is 1. The fraction of sp³-hybridized carbons (Fsp3) is 0.300. The minimum Gasteiger partial charge on any atom is -0.324 e. The SMILES string of the molecule is CCN(CC)S(=O)(=O)c1ccc(C)c(NC(=O)Cn2nnc(-c3ccccc3Cl)n2)c1. The van der Waals surface area contributed by atoms with Crippen molar-refractivity contribution in [2.75, 3.05) is 18.4 Å². The Kier molecular flexibility index (Phi) is 7.04. The van der Waals surface area contributed by atoms with Crippen molar-refractivity contribution in [3.63, 3.8) is 0 Å². The molecule has 11 heteroatoms. The van der Waals surface area contributed by atoms with Crippen LogP contribution in [0.25, 0.3) is 11.4 Å². The van der Waals surface area contributed by atoms with Crippen LogP contribution in [-0.2, 0) is 21.4 Å². The number of halogens is 1.